The quantitative estimate of drug-likeness (QED) is 0.355. The monoisotopic (exact) mass is 466 g/mol. The van der Waals surface area contributed by atoms with E-state index in [1.807, 2.05) is 0 Å². The maximum atomic E-state index is 2.97. The molecule has 1 heteroatoms. The van der Waals surface area contributed by atoms with Gasteiger partial charge in [-0.25, -0.2) is 0 Å². The van der Waals surface area contributed by atoms with E-state index in [-0.39, 0.29) is 0 Å². The van der Waals surface area contributed by atoms with Crippen LogP contribution in [0.5, 0.6) is 0 Å². The Kier molecular flexibility index (Phi) is 5.88. The predicted octanol–water partition coefficient (Wildman–Crippen LogP) is 9.71. The maximum Gasteiger partial charge on any atom is 0.0541 e. The average molecular weight is 467 g/mol. The van der Waals surface area contributed by atoms with E-state index < -0.39 is 8.07 Å². The van der Waals surface area contributed by atoms with Crippen LogP contribution in [0, 0.1) is 59.2 Å². The summed E-state index contributed by atoms with van der Waals surface area (Å²) in [5.74, 6) is 11.6. The molecule has 7 rings (SSSR count). The van der Waals surface area contributed by atoms with Gasteiger partial charge in [-0.2, -0.15) is 0 Å². The van der Waals surface area contributed by atoms with Crippen molar-refractivity contribution in [3.63, 3.8) is 0 Å². The standard InChI is InChI=1S/C32H54Si/c1-33(2,32-28-17-9-7-13-24(28)25-14-8-10-18-29(25)32)21-19-30-26-15-5-3-11-22(26)23-12-4-6-16-27(23)31(30)20-21/h21-32H,3-20H2,1-2H3. The first-order chi connectivity index (χ1) is 16.1. The minimum Gasteiger partial charge on any atom is -0.0689 e. The molecule has 0 aromatic carbocycles. The second-order valence-electron chi connectivity index (χ2n) is 15.3. The van der Waals surface area contributed by atoms with Crippen LogP contribution in [-0.4, -0.2) is 8.07 Å². The first-order valence-corrected chi connectivity index (χ1v) is 19.3. The Labute approximate surface area is 206 Å². The van der Waals surface area contributed by atoms with Crippen LogP contribution in [-0.2, 0) is 0 Å². The van der Waals surface area contributed by atoms with Crippen molar-refractivity contribution in [2.75, 3.05) is 0 Å². The molecule has 10 unspecified atom stereocenters. The largest absolute Gasteiger partial charge is 0.0689 e. The highest BCUT2D eigenvalue weighted by Crippen LogP contribution is 2.69. The Morgan fingerprint density at radius 2 is 0.636 bits per heavy atom. The molecule has 7 fully saturated rings. The predicted molar refractivity (Wildman–Crippen MR) is 143 cm³/mol. The molecular formula is C32H54Si. The Morgan fingerprint density at radius 3 is 1.00 bits per heavy atom. The lowest BCUT2D eigenvalue weighted by atomic mass is 9.51. The van der Waals surface area contributed by atoms with Crippen LogP contribution in [0.15, 0.2) is 0 Å². The van der Waals surface area contributed by atoms with E-state index in [1.54, 1.807) is 116 Å². The van der Waals surface area contributed by atoms with E-state index in [2.05, 4.69) is 13.1 Å². The van der Waals surface area contributed by atoms with E-state index in [9.17, 15) is 0 Å². The van der Waals surface area contributed by atoms with Gasteiger partial charge in [0.2, 0.25) is 0 Å². The molecule has 7 aliphatic carbocycles. The van der Waals surface area contributed by atoms with Crippen molar-refractivity contribution in [2.24, 2.45) is 59.2 Å². The summed E-state index contributed by atoms with van der Waals surface area (Å²) in [6, 6.07) is 0. The molecule has 7 aliphatic rings. The Bertz CT molecular complexity index is 659. The zero-order chi connectivity index (χ0) is 22.2. The van der Waals surface area contributed by atoms with Crippen molar-refractivity contribution in [2.45, 2.75) is 140 Å². The second-order valence-corrected chi connectivity index (χ2v) is 20.4. The summed E-state index contributed by atoms with van der Waals surface area (Å²) >= 11 is 0. The molecule has 186 valence electrons. The summed E-state index contributed by atoms with van der Waals surface area (Å²) in [5.41, 5.74) is 2.39. The molecule has 0 aromatic heterocycles. The van der Waals surface area contributed by atoms with Crippen LogP contribution in [0.25, 0.3) is 0 Å². The first-order valence-electron chi connectivity index (χ1n) is 16.1. The summed E-state index contributed by atoms with van der Waals surface area (Å²) < 4.78 is 0. The third-order valence-electron chi connectivity index (χ3n) is 14.2. The Morgan fingerprint density at radius 1 is 0.364 bits per heavy atom. The lowest BCUT2D eigenvalue weighted by Gasteiger charge is -2.54. The van der Waals surface area contributed by atoms with Crippen LogP contribution >= 0.6 is 0 Å². The van der Waals surface area contributed by atoms with Crippen LogP contribution in [0.2, 0.25) is 24.2 Å². The fourth-order valence-corrected chi connectivity index (χ4v) is 18.6. The Balaban J connectivity index is 1.18. The van der Waals surface area contributed by atoms with Crippen molar-refractivity contribution in [1.82, 2.24) is 0 Å². The van der Waals surface area contributed by atoms with Gasteiger partial charge in [-0.1, -0.05) is 77.3 Å². The van der Waals surface area contributed by atoms with Crippen LogP contribution in [0.1, 0.15) is 116 Å². The summed E-state index contributed by atoms with van der Waals surface area (Å²) in [7, 11) is -1.26. The number of rotatable bonds is 2. The van der Waals surface area contributed by atoms with Crippen molar-refractivity contribution in [3.8, 4) is 0 Å². The third kappa shape index (κ3) is 3.46. The highest BCUT2D eigenvalue weighted by molar-refractivity contribution is 6.80. The topological polar surface area (TPSA) is 0 Å². The first kappa shape index (κ1) is 22.4. The maximum absolute atomic E-state index is 2.97. The number of fused-ring (bicyclic) bond motifs is 9. The average Bonchev–Trinajstić information content (AvgIpc) is 3.46. The molecule has 0 aliphatic heterocycles. The summed E-state index contributed by atoms with van der Waals surface area (Å²) in [6.07, 6.45) is 29.0. The smallest absolute Gasteiger partial charge is 0.0541 e. The van der Waals surface area contributed by atoms with Gasteiger partial charge in [-0.3, -0.25) is 0 Å². The molecule has 0 heterocycles. The highest BCUT2D eigenvalue weighted by Gasteiger charge is 2.61. The fourth-order valence-electron chi connectivity index (χ4n) is 13.2. The van der Waals surface area contributed by atoms with E-state index >= 15 is 0 Å². The molecule has 33 heavy (non-hydrogen) atoms. The minimum absolute atomic E-state index is 1.16. The molecule has 0 bridgehead atoms. The summed E-state index contributed by atoms with van der Waals surface area (Å²) in [6.45, 7) is 5.94. The second kappa shape index (κ2) is 8.66. The van der Waals surface area contributed by atoms with Crippen molar-refractivity contribution >= 4 is 8.07 Å². The zero-order valence-electron chi connectivity index (χ0n) is 22.2. The molecule has 0 aromatic rings. The van der Waals surface area contributed by atoms with Gasteiger partial charge in [0, 0.05) is 0 Å². The molecule has 0 saturated heterocycles. The van der Waals surface area contributed by atoms with E-state index in [4.69, 9.17) is 0 Å². The Hall–Kier alpha value is 0.217. The molecule has 0 amide bonds. The molecule has 0 radical (unpaired) electrons. The highest BCUT2D eigenvalue weighted by atomic mass is 28.3. The summed E-state index contributed by atoms with van der Waals surface area (Å²) in [5, 5.41) is 0. The number of hydrogen-bond donors (Lipinski definition) is 0. The molecule has 10 atom stereocenters. The van der Waals surface area contributed by atoms with Gasteiger partial charge in [0.25, 0.3) is 0 Å². The molecule has 0 N–H and O–H groups in total. The summed E-state index contributed by atoms with van der Waals surface area (Å²) in [4.78, 5) is 0. The van der Waals surface area contributed by atoms with Crippen molar-refractivity contribution in [3.05, 3.63) is 0 Å². The van der Waals surface area contributed by atoms with Crippen molar-refractivity contribution in [1.29, 1.82) is 0 Å². The van der Waals surface area contributed by atoms with E-state index in [0.29, 0.717) is 0 Å². The molecular weight excluding hydrogens is 412 g/mol. The fraction of sp³-hybridized carbons (Fsp3) is 1.00. The normalized spacial score (nSPS) is 54.0. The van der Waals surface area contributed by atoms with E-state index in [0.717, 1.165) is 47.3 Å². The molecule has 0 spiro atoms. The van der Waals surface area contributed by atoms with Gasteiger partial charge in [-0.05, 0) is 122 Å². The van der Waals surface area contributed by atoms with Crippen molar-refractivity contribution < 1.29 is 0 Å². The van der Waals surface area contributed by atoms with Gasteiger partial charge >= 0.3 is 0 Å². The lowest BCUT2D eigenvalue weighted by molar-refractivity contribution is -0.0484. The van der Waals surface area contributed by atoms with Gasteiger partial charge in [0.1, 0.15) is 0 Å². The van der Waals surface area contributed by atoms with Crippen LogP contribution in [0.4, 0.5) is 0 Å². The molecule has 7 saturated carbocycles. The van der Waals surface area contributed by atoms with Crippen LogP contribution < -0.4 is 0 Å². The number of hydrogen-bond acceptors (Lipinski definition) is 0. The van der Waals surface area contributed by atoms with Gasteiger partial charge in [0.05, 0.1) is 8.07 Å². The van der Waals surface area contributed by atoms with E-state index in [1.165, 1.54) is 22.9 Å². The zero-order valence-corrected chi connectivity index (χ0v) is 23.2. The van der Waals surface area contributed by atoms with Crippen LogP contribution in [0.3, 0.4) is 0 Å². The third-order valence-corrected chi connectivity index (χ3v) is 19.3. The molecule has 0 nitrogen and oxygen atoms in total. The SMILES string of the molecule is C[Si](C)(C1CC2C3CCCCC3C3CCCCC3C2C1)C1C2CCCCC2C2CCCCC21. The lowest BCUT2D eigenvalue weighted by Crippen LogP contribution is -2.46. The van der Waals surface area contributed by atoms with Gasteiger partial charge in [-0.15, -0.1) is 0 Å². The minimum atomic E-state index is -1.26. The van der Waals surface area contributed by atoms with Gasteiger partial charge < -0.3 is 0 Å². The van der Waals surface area contributed by atoms with Gasteiger partial charge in [0.15, 0.2) is 0 Å².